The summed E-state index contributed by atoms with van der Waals surface area (Å²) >= 11 is 0. The van der Waals surface area contributed by atoms with Crippen LogP contribution in [0.15, 0.2) is 66.7 Å². The summed E-state index contributed by atoms with van der Waals surface area (Å²) < 4.78 is 11.9. The first-order valence-corrected chi connectivity index (χ1v) is 8.98. The molecule has 1 atom stereocenters. The molecule has 3 rings (SSSR count). The topological polar surface area (TPSA) is 84.7 Å². The maximum absolute atomic E-state index is 10.3. The number of methoxy groups -OCH3 is 1. The van der Waals surface area contributed by atoms with Crippen LogP contribution in [-0.4, -0.2) is 39.7 Å². The molecule has 0 bridgehead atoms. The van der Waals surface area contributed by atoms with Gasteiger partial charge in [0.05, 0.1) is 0 Å². The Labute approximate surface area is 164 Å². The van der Waals surface area contributed by atoms with Crippen molar-refractivity contribution in [3.8, 4) is 6.01 Å². The monoisotopic (exact) mass is 380 g/mol. The number of aliphatic hydroxyl groups excluding tert-OH is 1. The van der Waals surface area contributed by atoms with Gasteiger partial charge >= 0.3 is 6.01 Å². The summed E-state index contributed by atoms with van der Waals surface area (Å²) in [6.07, 6.45) is -3.08. The van der Waals surface area contributed by atoms with Crippen molar-refractivity contribution in [3.05, 3.63) is 89.2 Å². The first-order valence-electron chi connectivity index (χ1n) is 8.98. The summed E-state index contributed by atoms with van der Waals surface area (Å²) in [5.74, 6) is 0. The van der Waals surface area contributed by atoms with Crippen LogP contribution in [0.25, 0.3) is 0 Å². The lowest BCUT2D eigenvalue weighted by Gasteiger charge is -2.40. The van der Waals surface area contributed by atoms with E-state index in [4.69, 9.17) is 9.47 Å². The third kappa shape index (κ3) is 3.89. The van der Waals surface area contributed by atoms with Gasteiger partial charge in [-0.15, -0.1) is 0 Å². The molecule has 2 N–H and O–H groups in total. The predicted molar refractivity (Wildman–Crippen MR) is 105 cm³/mol. The molecule has 3 aromatic rings. The van der Waals surface area contributed by atoms with E-state index < -0.39 is 18.0 Å². The SMILES string of the molecule is COC(c1ccccc1)(c1ccccc1)C(Oc1nc(C)cc(C)n1)C(O)O. The van der Waals surface area contributed by atoms with Gasteiger partial charge in [-0.05, 0) is 31.0 Å². The fourth-order valence-corrected chi connectivity index (χ4v) is 3.43. The number of aliphatic hydroxyl groups is 2. The molecule has 0 aliphatic heterocycles. The van der Waals surface area contributed by atoms with Crippen LogP contribution in [0.2, 0.25) is 0 Å². The summed E-state index contributed by atoms with van der Waals surface area (Å²) in [5.41, 5.74) is 1.57. The lowest BCUT2D eigenvalue weighted by atomic mass is 9.80. The standard InChI is InChI=1S/C22H24N2O4/c1-15-14-16(2)24-21(23-15)28-19(20(25)26)22(27-3,17-10-6-4-7-11-17)18-12-8-5-9-13-18/h4-14,19-20,25-26H,1-3H3. The Morgan fingerprint density at radius 2 is 1.29 bits per heavy atom. The number of hydrogen-bond donors (Lipinski definition) is 2. The fourth-order valence-electron chi connectivity index (χ4n) is 3.43. The quantitative estimate of drug-likeness (QED) is 0.613. The Balaban J connectivity index is 2.18. The van der Waals surface area contributed by atoms with Gasteiger partial charge in [0.15, 0.2) is 18.0 Å². The maximum Gasteiger partial charge on any atom is 0.317 e. The van der Waals surface area contributed by atoms with E-state index in [-0.39, 0.29) is 6.01 Å². The van der Waals surface area contributed by atoms with E-state index in [1.807, 2.05) is 80.6 Å². The largest absolute Gasteiger partial charge is 0.451 e. The zero-order valence-electron chi connectivity index (χ0n) is 16.1. The van der Waals surface area contributed by atoms with Crippen LogP contribution in [0, 0.1) is 13.8 Å². The van der Waals surface area contributed by atoms with Crippen LogP contribution in [0.1, 0.15) is 22.5 Å². The summed E-state index contributed by atoms with van der Waals surface area (Å²) in [4.78, 5) is 8.56. The number of nitrogens with zero attached hydrogens (tertiary/aromatic N) is 2. The normalized spacial score (nSPS) is 12.8. The van der Waals surface area contributed by atoms with Crippen molar-refractivity contribution in [3.63, 3.8) is 0 Å². The van der Waals surface area contributed by atoms with Crippen molar-refractivity contribution in [2.45, 2.75) is 31.8 Å². The number of benzene rings is 2. The Morgan fingerprint density at radius 1 is 0.821 bits per heavy atom. The van der Waals surface area contributed by atoms with Gasteiger partial charge in [-0.25, -0.2) is 9.97 Å². The van der Waals surface area contributed by atoms with Crippen LogP contribution in [-0.2, 0) is 10.3 Å². The third-order valence-electron chi connectivity index (χ3n) is 4.59. The molecule has 0 saturated heterocycles. The highest BCUT2D eigenvalue weighted by atomic mass is 16.6. The van der Waals surface area contributed by atoms with Crippen molar-refractivity contribution >= 4 is 0 Å². The minimum Gasteiger partial charge on any atom is -0.451 e. The molecule has 1 aromatic heterocycles. The first kappa shape index (κ1) is 19.9. The third-order valence-corrected chi connectivity index (χ3v) is 4.59. The molecule has 6 nitrogen and oxygen atoms in total. The summed E-state index contributed by atoms with van der Waals surface area (Å²) in [6.45, 7) is 3.65. The van der Waals surface area contributed by atoms with Crippen LogP contribution >= 0.6 is 0 Å². The molecule has 28 heavy (non-hydrogen) atoms. The predicted octanol–water partition coefficient (Wildman–Crippen LogP) is 2.74. The van der Waals surface area contributed by atoms with Gasteiger partial charge in [0.1, 0.15) is 0 Å². The molecule has 2 aromatic carbocycles. The van der Waals surface area contributed by atoms with E-state index in [1.54, 1.807) is 0 Å². The van der Waals surface area contributed by atoms with E-state index in [0.29, 0.717) is 11.1 Å². The highest BCUT2D eigenvalue weighted by Crippen LogP contribution is 2.39. The average Bonchev–Trinajstić information content (AvgIpc) is 2.69. The highest BCUT2D eigenvalue weighted by molar-refractivity contribution is 5.39. The number of ether oxygens (including phenoxy) is 2. The molecule has 146 valence electrons. The van der Waals surface area contributed by atoms with Crippen molar-refractivity contribution in [2.75, 3.05) is 7.11 Å². The van der Waals surface area contributed by atoms with Crippen molar-refractivity contribution in [1.29, 1.82) is 0 Å². The molecule has 0 aliphatic carbocycles. The first-order chi connectivity index (χ1) is 13.5. The van der Waals surface area contributed by atoms with Crippen molar-refractivity contribution in [2.24, 2.45) is 0 Å². The molecule has 0 aliphatic rings. The van der Waals surface area contributed by atoms with E-state index >= 15 is 0 Å². The Hall–Kier alpha value is -2.80. The second-order valence-corrected chi connectivity index (χ2v) is 6.56. The molecule has 1 unspecified atom stereocenters. The summed E-state index contributed by atoms with van der Waals surface area (Å²) in [7, 11) is 1.51. The number of aromatic nitrogens is 2. The second kappa shape index (κ2) is 8.48. The minimum absolute atomic E-state index is 0.0592. The molecular weight excluding hydrogens is 356 g/mol. The Kier molecular flexibility index (Phi) is 6.04. The Morgan fingerprint density at radius 3 is 1.68 bits per heavy atom. The van der Waals surface area contributed by atoms with Gasteiger partial charge in [0.2, 0.25) is 0 Å². The van der Waals surface area contributed by atoms with E-state index in [2.05, 4.69) is 9.97 Å². The number of hydrogen-bond acceptors (Lipinski definition) is 6. The molecule has 0 spiro atoms. The van der Waals surface area contributed by atoms with Gasteiger partial charge in [0, 0.05) is 18.5 Å². The fraction of sp³-hybridized carbons (Fsp3) is 0.273. The zero-order chi connectivity index (χ0) is 20.1. The van der Waals surface area contributed by atoms with Crippen molar-refractivity contribution in [1.82, 2.24) is 9.97 Å². The smallest absolute Gasteiger partial charge is 0.317 e. The number of rotatable bonds is 7. The molecule has 0 radical (unpaired) electrons. The maximum atomic E-state index is 10.3. The lowest BCUT2D eigenvalue weighted by molar-refractivity contribution is -0.186. The van der Waals surface area contributed by atoms with Gasteiger partial charge in [-0.1, -0.05) is 60.7 Å². The molecule has 0 fully saturated rings. The van der Waals surface area contributed by atoms with Crippen LogP contribution < -0.4 is 4.74 Å². The second-order valence-electron chi connectivity index (χ2n) is 6.56. The Bertz CT molecular complexity index is 841. The molecule has 1 heterocycles. The van der Waals surface area contributed by atoms with E-state index in [9.17, 15) is 10.2 Å². The van der Waals surface area contributed by atoms with Crippen molar-refractivity contribution < 1.29 is 19.7 Å². The molecule has 0 saturated carbocycles. The molecule has 6 heteroatoms. The zero-order valence-corrected chi connectivity index (χ0v) is 16.1. The average molecular weight is 380 g/mol. The molecule has 0 amide bonds. The molecular formula is C22H24N2O4. The lowest BCUT2D eigenvalue weighted by Crippen LogP contribution is -2.52. The van der Waals surface area contributed by atoms with Gasteiger partial charge < -0.3 is 19.7 Å². The van der Waals surface area contributed by atoms with E-state index in [0.717, 1.165) is 11.4 Å². The van der Waals surface area contributed by atoms with Gasteiger partial charge in [-0.2, -0.15) is 0 Å². The number of aryl methyl sites for hydroxylation is 2. The summed E-state index contributed by atoms with van der Waals surface area (Å²) in [5, 5.41) is 20.6. The van der Waals surface area contributed by atoms with Crippen LogP contribution in [0.3, 0.4) is 0 Å². The van der Waals surface area contributed by atoms with Crippen LogP contribution in [0.5, 0.6) is 6.01 Å². The minimum atomic E-state index is -1.86. The summed E-state index contributed by atoms with van der Waals surface area (Å²) in [6, 6.07) is 20.5. The van der Waals surface area contributed by atoms with E-state index in [1.165, 1.54) is 7.11 Å². The van der Waals surface area contributed by atoms with Crippen LogP contribution in [0.4, 0.5) is 0 Å². The van der Waals surface area contributed by atoms with Gasteiger partial charge in [0.25, 0.3) is 0 Å². The van der Waals surface area contributed by atoms with Gasteiger partial charge in [-0.3, -0.25) is 0 Å². The highest BCUT2D eigenvalue weighted by Gasteiger charge is 2.48.